The van der Waals surface area contributed by atoms with Crippen LogP contribution in [0.3, 0.4) is 0 Å². The molecule has 1 fully saturated rings. The first-order valence-electron chi connectivity index (χ1n) is 8.95. The summed E-state index contributed by atoms with van der Waals surface area (Å²) in [7, 11) is 3.14. The smallest absolute Gasteiger partial charge is 0.421 e. The standard InChI is InChI=1S/C19H27F3N2O3/c1-5-24(3)12-23-16-11-17(26-4)15(10-13(16)2)18(25,19(20,21)22)14-6-8-27-9-7-14/h10-12,14,25H,5-9H2,1-4H3/b23-12+. The summed E-state index contributed by atoms with van der Waals surface area (Å²) >= 11 is 0. The second-order valence-corrected chi connectivity index (χ2v) is 6.81. The molecule has 152 valence electrons. The Labute approximate surface area is 157 Å². The van der Waals surface area contributed by atoms with Crippen LogP contribution in [0.4, 0.5) is 18.9 Å². The molecule has 0 amide bonds. The predicted molar refractivity (Wildman–Crippen MR) is 97.7 cm³/mol. The summed E-state index contributed by atoms with van der Waals surface area (Å²) in [5.41, 5.74) is -2.26. The van der Waals surface area contributed by atoms with Crippen LogP contribution in [-0.4, -0.2) is 56.4 Å². The van der Waals surface area contributed by atoms with Gasteiger partial charge in [0.25, 0.3) is 0 Å². The lowest BCUT2D eigenvalue weighted by Crippen LogP contribution is -2.50. The zero-order chi connectivity index (χ0) is 20.2. The van der Waals surface area contributed by atoms with Crippen molar-refractivity contribution in [1.29, 1.82) is 0 Å². The molecule has 27 heavy (non-hydrogen) atoms. The third kappa shape index (κ3) is 4.38. The van der Waals surface area contributed by atoms with Crippen molar-refractivity contribution in [2.75, 3.05) is 33.9 Å². The number of aliphatic imine (C=N–C) groups is 1. The van der Waals surface area contributed by atoms with Crippen LogP contribution in [0.1, 0.15) is 30.9 Å². The number of alkyl halides is 3. The molecule has 1 atom stereocenters. The normalized spacial score (nSPS) is 18.5. The number of aryl methyl sites for hydroxylation is 1. The molecular formula is C19H27F3N2O3. The van der Waals surface area contributed by atoms with E-state index < -0.39 is 17.7 Å². The minimum Gasteiger partial charge on any atom is -0.496 e. The van der Waals surface area contributed by atoms with Gasteiger partial charge in [0.2, 0.25) is 0 Å². The van der Waals surface area contributed by atoms with Crippen LogP contribution in [0.25, 0.3) is 0 Å². The number of hydrogen-bond donors (Lipinski definition) is 1. The number of hydrogen-bond acceptors (Lipinski definition) is 4. The van der Waals surface area contributed by atoms with Crippen LogP contribution >= 0.6 is 0 Å². The van der Waals surface area contributed by atoms with Crippen LogP contribution in [0.2, 0.25) is 0 Å². The van der Waals surface area contributed by atoms with Crippen LogP contribution in [0.15, 0.2) is 17.1 Å². The molecule has 1 heterocycles. The first-order valence-corrected chi connectivity index (χ1v) is 8.95. The molecule has 1 aromatic carbocycles. The molecule has 0 spiro atoms. The third-order valence-corrected chi connectivity index (χ3v) is 5.07. The number of rotatable bonds is 6. The highest BCUT2D eigenvalue weighted by molar-refractivity contribution is 5.65. The van der Waals surface area contributed by atoms with Crippen molar-refractivity contribution in [2.45, 2.75) is 38.5 Å². The lowest BCUT2D eigenvalue weighted by molar-refractivity contribution is -0.293. The number of methoxy groups -OCH3 is 1. The van der Waals surface area contributed by atoms with E-state index in [2.05, 4.69) is 4.99 Å². The molecule has 8 heteroatoms. The molecule has 1 aliphatic heterocycles. The summed E-state index contributed by atoms with van der Waals surface area (Å²) in [6, 6.07) is 2.78. The highest BCUT2D eigenvalue weighted by Crippen LogP contribution is 2.51. The van der Waals surface area contributed by atoms with E-state index in [1.165, 1.54) is 19.2 Å². The fraction of sp³-hybridized carbons (Fsp3) is 0.632. The van der Waals surface area contributed by atoms with Gasteiger partial charge in [-0.1, -0.05) is 0 Å². The van der Waals surface area contributed by atoms with Crippen molar-refractivity contribution in [3.8, 4) is 5.75 Å². The van der Waals surface area contributed by atoms with Crippen molar-refractivity contribution < 1.29 is 27.8 Å². The third-order valence-electron chi connectivity index (χ3n) is 5.07. The fourth-order valence-corrected chi connectivity index (χ4v) is 3.24. The lowest BCUT2D eigenvalue weighted by atomic mass is 9.75. The highest BCUT2D eigenvalue weighted by atomic mass is 19.4. The summed E-state index contributed by atoms with van der Waals surface area (Å²) in [5.74, 6) is -1.03. The molecule has 1 aromatic rings. The van der Waals surface area contributed by atoms with E-state index in [0.717, 1.165) is 6.54 Å². The fourth-order valence-electron chi connectivity index (χ4n) is 3.24. The number of ether oxygens (including phenoxy) is 2. The maximum absolute atomic E-state index is 14.0. The molecule has 5 nitrogen and oxygen atoms in total. The first kappa shape index (κ1) is 21.5. The van der Waals surface area contributed by atoms with Gasteiger partial charge < -0.3 is 19.5 Å². The van der Waals surface area contributed by atoms with E-state index in [1.54, 1.807) is 13.3 Å². The average Bonchev–Trinajstić information content (AvgIpc) is 2.65. The monoisotopic (exact) mass is 388 g/mol. The van der Waals surface area contributed by atoms with Crippen molar-refractivity contribution in [3.63, 3.8) is 0 Å². The van der Waals surface area contributed by atoms with Crippen molar-refractivity contribution in [3.05, 3.63) is 23.3 Å². The molecule has 0 bridgehead atoms. The molecule has 0 radical (unpaired) electrons. The Kier molecular flexibility index (Phi) is 6.75. The van der Waals surface area contributed by atoms with Crippen molar-refractivity contribution in [2.24, 2.45) is 10.9 Å². The Morgan fingerprint density at radius 3 is 2.48 bits per heavy atom. The largest absolute Gasteiger partial charge is 0.496 e. The molecule has 0 aliphatic carbocycles. The van der Waals surface area contributed by atoms with E-state index in [4.69, 9.17) is 9.47 Å². The number of nitrogens with zero attached hydrogens (tertiary/aromatic N) is 2. The zero-order valence-corrected chi connectivity index (χ0v) is 16.1. The topological polar surface area (TPSA) is 54.3 Å². The Hall–Kier alpha value is -1.80. The summed E-state index contributed by atoms with van der Waals surface area (Å²) in [4.78, 5) is 6.16. The Balaban J connectivity index is 2.56. The van der Waals surface area contributed by atoms with Gasteiger partial charge in [-0.25, -0.2) is 4.99 Å². The van der Waals surface area contributed by atoms with Crippen LogP contribution in [-0.2, 0) is 10.3 Å². The zero-order valence-electron chi connectivity index (χ0n) is 16.1. The summed E-state index contributed by atoms with van der Waals surface area (Å²) < 4.78 is 52.5. The molecular weight excluding hydrogens is 361 g/mol. The van der Waals surface area contributed by atoms with Crippen molar-refractivity contribution >= 4 is 12.0 Å². The van der Waals surface area contributed by atoms with Gasteiger partial charge in [-0.05, 0) is 38.3 Å². The lowest BCUT2D eigenvalue weighted by Gasteiger charge is -2.40. The molecule has 1 N–H and O–H groups in total. The molecule has 1 saturated heterocycles. The number of halogens is 3. The summed E-state index contributed by atoms with van der Waals surface area (Å²) in [6.45, 7) is 4.75. The summed E-state index contributed by atoms with van der Waals surface area (Å²) in [6.07, 6.45) is -2.99. The molecule has 0 saturated carbocycles. The van der Waals surface area contributed by atoms with E-state index >= 15 is 0 Å². The second kappa shape index (κ2) is 8.48. The van der Waals surface area contributed by atoms with Gasteiger partial charge in [0.15, 0.2) is 5.60 Å². The summed E-state index contributed by atoms with van der Waals surface area (Å²) in [5, 5.41) is 10.9. The van der Waals surface area contributed by atoms with Crippen LogP contribution in [0, 0.1) is 12.8 Å². The Bertz CT molecular complexity index is 673. The van der Waals surface area contributed by atoms with Crippen LogP contribution in [0.5, 0.6) is 5.75 Å². The average molecular weight is 388 g/mol. The minimum absolute atomic E-state index is 0.0294. The molecule has 0 aromatic heterocycles. The van der Waals surface area contributed by atoms with Gasteiger partial charge in [-0.15, -0.1) is 0 Å². The quantitative estimate of drug-likeness (QED) is 0.595. The molecule has 2 rings (SSSR count). The van der Waals surface area contributed by atoms with Gasteiger partial charge in [-0.2, -0.15) is 13.2 Å². The molecule has 1 aliphatic rings. The highest BCUT2D eigenvalue weighted by Gasteiger charge is 2.60. The van der Waals surface area contributed by atoms with E-state index in [0.29, 0.717) is 11.3 Å². The predicted octanol–water partition coefficient (Wildman–Crippen LogP) is 3.79. The number of benzene rings is 1. The van der Waals surface area contributed by atoms with Gasteiger partial charge in [0, 0.05) is 44.4 Å². The first-order chi connectivity index (χ1) is 12.6. The maximum Gasteiger partial charge on any atom is 0.421 e. The van der Waals surface area contributed by atoms with Gasteiger partial charge in [-0.3, -0.25) is 0 Å². The van der Waals surface area contributed by atoms with Gasteiger partial charge >= 0.3 is 6.18 Å². The van der Waals surface area contributed by atoms with Gasteiger partial charge in [0.1, 0.15) is 5.75 Å². The van der Waals surface area contributed by atoms with Crippen LogP contribution < -0.4 is 4.74 Å². The van der Waals surface area contributed by atoms with Crippen molar-refractivity contribution in [1.82, 2.24) is 4.90 Å². The van der Waals surface area contributed by atoms with Gasteiger partial charge in [0.05, 0.1) is 19.1 Å². The van der Waals surface area contributed by atoms with E-state index in [1.807, 2.05) is 18.9 Å². The minimum atomic E-state index is -4.85. The SMILES string of the molecule is CCN(C)/C=N/c1cc(OC)c(C(O)(C2CCOCC2)C(F)(F)F)cc1C. The second-order valence-electron chi connectivity index (χ2n) is 6.81. The maximum atomic E-state index is 14.0. The van der Waals surface area contributed by atoms with E-state index in [9.17, 15) is 18.3 Å². The molecule has 1 unspecified atom stereocenters. The number of aliphatic hydroxyl groups is 1. The Morgan fingerprint density at radius 2 is 1.96 bits per heavy atom. The van der Waals surface area contributed by atoms with E-state index in [-0.39, 0.29) is 37.4 Å². The Morgan fingerprint density at radius 1 is 1.33 bits per heavy atom.